The van der Waals surface area contributed by atoms with Gasteiger partial charge in [0.05, 0.1) is 0 Å². The van der Waals surface area contributed by atoms with Crippen LogP contribution in [0.5, 0.6) is 0 Å². The molecule has 0 aromatic carbocycles. The van der Waals surface area contributed by atoms with Gasteiger partial charge < -0.3 is 15.3 Å². The van der Waals surface area contributed by atoms with Gasteiger partial charge in [-0.05, 0) is 58.7 Å². The number of rotatable bonds is 10. The molecular weight excluding hydrogens is 252 g/mol. The van der Waals surface area contributed by atoms with Crippen molar-refractivity contribution in [2.24, 2.45) is 0 Å². The van der Waals surface area contributed by atoms with Crippen molar-refractivity contribution in [1.29, 1.82) is 0 Å². The Hall–Kier alpha value is -0.610. The molecule has 0 amide bonds. The second kappa shape index (κ2) is 8.63. The second-order valence-electron chi connectivity index (χ2n) is 6.23. The monoisotopic (exact) mass is 284 g/mol. The number of hydrogen-bond donors (Lipinski definition) is 2. The molecule has 0 bridgehead atoms. The van der Waals surface area contributed by atoms with Gasteiger partial charge in [-0.15, -0.1) is 0 Å². The number of nitrogens with zero attached hydrogens (tertiary/aromatic N) is 1. The maximum Gasteiger partial charge on any atom is 0.323 e. The van der Waals surface area contributed by atoms with Crippen LogP contribution in [-0.4, -0.2) is 47.2 Å². The summed E-state index contributed by atoms with van der Waals surface area (Å²) < 4.78 is 0. The molecule has 1 fully saturated rings. The molecule has 118 valence electrons. The zero-order valence-corrected chi connectivity index (χ0v) is 13.5. The highest BCUT2D eigenvalue weighted by Crippen LogP contribution is 2.24. The summed E-state index contributed by atoms with van der Waals surface area (Å²) in [7, 11) is 0. The summed E-state index contributed by atoms with van der Waals surface area (Å²) in [5.74, 6) is -0.727. The van der Waals surface area contributed by atoms with Crippen molar-refractivity contribution >= 4 is 5.97 Å². The highest BCUT2D eigenvalue weighted by Gasteiger charge is 2.32. The second-order valence-corrected chi connectivity index (χ2v) is 6.23. The third kappa shape index (κ3) is 5.06. The van der Waals surface area contributed by atoms with Crippen LogP contribution < -0.4 is 5.32 Å². The van der Waals surface area contributed by atoms with Gasteiger partial charge in [-0.3, -0.25) is 4.79 Å². The van der Waals surface area contributed by atoms with Crippen LogP contribution in [0.15, 0.2) is 0 Å². The lowest BCUT2D eigenvalue weighted by Gasteiger charge is -2.30. The Balaban J connectivity index is 2.40. The molecule has 0 heterocycles. The van der Waals surface area contributed by atoms with Gasteiger partial charge in [-0.2, -0.15) is 0 Å². The van der Waals surface area contributed by atoms with Gasteiger partial charge in [-0.25, -0.2) is 0 Å². The lowest BCUT2D eigenvalue weighted by Crippen LogP contribution is -2.50. The van der Waals surface area contributed by atoms with Gasteiger partial charge in [0.1, 0.15) is 5.54 Å². The Morgan fingerprint density at radius 2 is 2.00 bits per heavy atom. The fraction of sp³-hybridized carbons (Fsp3) is 0.938. The van der Waals surface area contributed by atoms with Crippen molar-refractivity contribution in [3.05, 3.63) is 0 Å². The van der Waals surface area contributed by atoms with Crippen molar-refractivity contribution in [2.75, 3.05) is 19.6 Å². The minimum absolute atomic E-state index is 0.700. The summed E-state index contributed by atoms with van der Waals surface area (Å²) in [6, 6.07) is 0.736. The Kier molecular flexibility index (Phi) is 7.52. The molecule has 0 saturated heterocycles. The highest BCUT2D eigenvalue weighted by molar-refractivity contribution is 5.78. The Bertz CT molecular complexity index is 290. The molecule has 20 heavy (non-hydrogen) atoms. The standard InChI is InChI=1S/C16H32N2O2/c1-4-12-17-16(3,15(19)20)11-8-13-18(5-2)14-9-6-7-10-14/h14,17H,4-13H2,1-3H3,(H,19,20). The molecule has 0 aromatic heterocycles. The van der Waals surface area contributed by atoms with E-state index in [1.54, 1.807) is 0 Å². The lowest BCUT2D eigenvalue weighted by molar-refractivity contribution is -0.144. The molecule has 0 aliphatic heterocycles. The first kappa shape index (κ1) is 17.4. The number of carboxylic acid groups (broad SMARTS) is 1. The van der Waals surface area contributed by atoms with E-state index < -0.39 is 11.5 Å². The lowest BCUT2D eigenvalue weighted by atomic mass is 9.95. The van der Waals surface area contributed by atoms with Crippen molar-refractivity contribution < 1.29 is 9.90 Å². The van der Waals surface area contributed by atoms with E-state index in [9.17, 15) is 9.90 Å². The van der Waals surface area contributed by atoms with Crippen LogP contribution in [-0.2, 0) is 4.79 Å². The van der Waals surface area contributed by atoms with Crippen molar-refractivity contribution in [2.45, 2.75) is 77.3 Å². The molecule has 2 N–H and O–H groups in total. The van der Waals surface area contributed by atoms with Gasteiger partial charge in [0.25, 0.3) is 0 Å². The van der Waals surface area contributed by atoms with Crippen molar-refractivity contribution in [1.82, 2.24) is 10.2 Å². The zero-order valence-electron chi connectivity index (χ0n) is 13.5. The molecule has 0 radical (unpaired) electrons. The number of hydrogen-bond acceptors (Lipinski definition) is 3. The molecule has 1 rings (SSSR count). The van der Waals surface area contributed by atoms with Gasteiger partial charge in [-0.1, -0.05) is 26.7 Å². The van der Waals surface area contributed by atoms with Crippen LogP contribution in [0.4, 0.5) is 0 Å². The average Bonchev–Trinajstić information content (AvgIpc) is 2.95. The predicted molar refractivity (Wildman–Crippen MR) is 83.1 cm³/mol. The van der Waals surface area contributed by atoms with E-state index >= 15 is 0 Å². The van der Waals surface area contributed by atoms with Crippen LogP contribution in [0.2, 0.25) is 0 Å². The number of aliphatic carboxylic acids is 1. The third-order valence-corrected chi connectivity index (χ3v) is 4.61. The summed E-state index contributed by atoms with van der Waals surface area (Å²) >= 11 is 0. The molecule has 1 atom stereocenters. The van der Waals surface area contributed by atoms with Gasteiger partial charge in [0, 0.05) is 6.04 Å². The first-order valence-electron chi connectivity index (χ1n) is 8.26. The molecule has 4 heteroatoms. The Labute approximate surface area is 123 Å². The molecule has 0 spiro atoms. The Morgan fingerprint density at radius 1 is 1.35 bits per heavy atom. The number of carbonyl (C=O) groups is 1. The van der Waals surface area contributed by atoms with E-state index in [2.05, 4.69) is 24.1 Å². The Morgan fingerprint density at radius 3 is 2.50 bits per heavy atom. The maximum absolute atomic E-state index is 11.5. The van der Waals surface area contributed by atoms with Gasteiger partial charge >= 0.3 is 5.97 Å². The zero-order chi connectivity index (χ0) is 15.0. The van der Waals surface area contributed by atoms with E-state index in [0.717, 1.165) is 38.5 Å². The van der Waals surface area contributed by atoms with Crippen LogP contribution >= 0.6 is 0 Å². The highest BCUT2D eigenvalue weighted by atomic mass is 16.4. The van der Waals surface area contributed by atoms with E-state index in [0.29, 0.717) is 6.42 Å². The fourth-order valence-electron chi connectivity index (χ4n) is 3.18. The summed E-state index contributed by atoms with van der Waals surface area (Å²) in [6.07, 6.45) is 7.95. The molecule has 0 aromatic rings. The van der Waals surface area contributed by atoms with E-state index in [1.165, 1.54) is 25.7 Å². The molecular formula is C16H32N2O2. The summed E-state index contributed by atoms with van der Waals surface area (Å²) in [4.78, 5) is 14.0. The normalized spacial score (nSPS) is 19.4. The molecule has 4 nitrogen and oxygen atoms in total. The quantitative estimate of drug-likeness (QED) is 0.648. The largest absolute Gasteiger partial charge is 0.480 e. The minimum Gasteiger partial charge on any atom is -0.480 e. The summed E-state index contributed by atoms with van der Waals surface area (Å²) in [6.45, 7) is 8.96. The third-order valence-electron chi connectivity index (χ3n) is 4.61. The first-order valence-corrected chi connectivity index (χ1v) is 8.26. The van der Waals surface area contributed by atoms with E-state index in [1.807, 2.05) is 6.92 Å². The van der Waals surface area contributed by atoms with E-state index in [4.69, 9.17) is 0 Å². The van der Waals surface area contributed by atoms with Crippen LogP contribution in [0.3, 0.4) is 0 Å². The number of nitrogens with one attached hydrogen (secondary N) is 1. The SMILES string of the molecule is CCCNC(C)(CCCN(CC)C1CCCC1)C(=O)O. The first-order chi connectivity index (χ1) is 9.53. The fourth-order valence-corrected chi connectivity index (χ4v) is 3.18. The summed E-state index contributed by atoms with van der Waals surface area (Å²) in [5.41, 5.74) is -0.773. The molecule has 1 aliphatic rings. The smallest absolute Gasteiger partial charge is 0.323 e. The van der Waals surface area contributed by atoms with E-state index in [-0.39, 0.29) is 0 Å². The summed E-state index contributed by atoms with van der Waals surface area (Å²) in [5, 5.41) is 12.6. The molecule has 1 saturated carbocycles. The predicted octanol–water partition coefficient (Wildman–Crippen LogP) is 2.87. The van der Waals surface area contributed by atoms with Crippen LogP contribution in [0.25, 0.3) is 0 Å². The van der Waals surface area contributed by atoms with Crippen molar-refractivity contribution in [3.63, 3.8) is 0 Å². The molecule has 1 unspecified atom stereocenters. The van der Waals surface area contributed by atoms with Gasteiger partial charge in [0.15, 0.2) is 0 Å². The maximum atomic E-state index is 11.5. The van der Waals surface area contributed by atoms with Crippen LogP contribution in [0, 0.1) is 0 Å². The van der Waals surface area contributed by atoms with Crippen LogP contribution in [0.1, 0.15) is 65.7 Å². The average molecular weight is 284 g/mol. The topological polar surface area (TPSA) is 52.6 Å². The van der Waals surface area contributed by atoms with Crippen molar-refractivity contribution in [3.8, 4) is 0 Å². The molecule has 1 aliphatic carbocycles. The van der Waals surface area contributed by atoms with Gasteiger partial charge in [0.2, 0.25) is 0 Å². The number of carboxylic acids is 1. The minimum atomic E-state index is -0.773.